The maximum atomic E-state index is 11.7. The summed E-state index contributed by atoms with van der Waals surface area (Å²) < 4.78 is 0. The van der Waals surface area contributed by atoms with Crippen LogP contribution in [-0.4, -0.2) is 42.0 Å². The number of carbonyl (C=O) groups excluding carboxylic acids is 1. The van der Waals surface area contributed by atoms with Gasteiger partial charge in [0.2, 0.25) is 5.91 Å². The highest BCUT2D eigenvalue weighted by Crippen LogP contribution is 2.11. The van der Waals surface area contributed by atoms with Crippen LogP contribution in [0, 0.1) is 0 Å². The topological polar surface area (TPSA) is 58.4 Å². The fraction of sp³-hybridized carbons (Fsp3) is 0.900. The van der Waals surface area contributed by atoms with Crippen LogP contribution in [0.3, 0.4) is 0 Å². The zero-order chi connectivity index (χ0) is 10.7. The molecule has 2 atom stereocenters. The Bertz CT molecular complexity index is 206. The van der Waals surface area contributed by atoms with Gasteiger partial charge in [-0.3, -0.25) is 9.69 Å². The number of carbonyl (C=O) groups is 1. The first-order valence-corrected chi connectivity index (χ1v) is 5.30. The van der Waals surface area contributed by atoms with E-state index in [1.807, 2.05) is 20.8 Å². The lowest BCUT2D eigenvalue weighted by atomic mass is 10.2. The predicted molar refractivity (Wildman–Crippen MR) is 56.9 cm³/mol. The lowest BCUT2D eigenvalue weighted by molar-refractivity contribution is -0.126. The largest absolute Gasteiger partial charge is 0.353 e. The first-order valence-electron chi connectivity index (χ1n) is 5.30. The van der Waals surface area contributed by atoms with Crippen LogP contribution < -0.4 is 11.1 Å². The van der Waals surface area contributed by atoms with Gasteiger partial charge in [0.25, 0.3) is 0 Å². The van der Waals surface area contributed by atoms with Crippen LogP contribution in [0.25, 0.3) is 0 Å². The average molecular weight is 199 g/mol. The first kappa shape index (κ1) is 11.5. The van der Waals surface area contributed by atoms with E-state index in [0.29, 0.717) is 0 Å². The molecule has 1 rings (SSSR count). The molecule has 1 amide bonds. The summed E-state index contributed by atoms with van der Waals surface area (Å²) in [6.45, 7) is 7.66. The molecule has 1 saturated heterocycles. The standard InChI is InChI=1S/C10H21N3O/c1-7(2)12-10(14)8(3)13-5-4-9(11)6-13/h7-9H,4-6,11H2,1-3H3,(H,12,14)/t8?,9-/m1/s1. The number of amides is 1. The van der Waals surface area contributed by atoms with Crippen LogP contribution in [0.1, 0.15) is 27.2 Å². The summed E-state index contributed by atoms with van der Waals surface area (Å²) in [5.74, 6) is 0.106. The third-order valence-electron chi connectivity index (χ3n) is 2.61. The van der Waals surface area contributed by atoms with Crippen molar-refractivity contribution < 1.29 is 4.79 Å². The molecule has 0 spiro atoms. The molecular weight excluding hydrogens is 178 g/mol. The van der Waals surface area contributed by atoms with E-state index in [0.717, 1.165) is 19.5 Å². The summed E-state index contributed by atoms with van der Waals surface area (Å²) in [7, 11) is 0. The summed E-state index contributed by atoms with van der Waals surface area (Å²) in [6, 6.07) is 0.400. The van der Waals surface area contributed by atoms with Gasteiger partial charge in [-0.05, 0) is 27.2 Å². The Hall–Kier alpha value is -0.610. The van der Waals surface area contributed by atoms with Gasteiger partial charge in [-0.15, -0.1) is 0 Å². The summed E-state index contributed by atoms with van der Waals surface area (Å²) in [5, 5.41) is 2.91. The SMILES string of the molecule is CC(C)NC(=O)C(C)N1CC[C@@H](N)C1. The van der Waals surface area contributed by atoms with E-state index in [9.17, 15) is 4.79 Å². The Morgan fingerprint density at radius 2 is 2.14 bits per heavy atom. The van der Waals surface area contributed by atoms with Crippen molar-refractivity contribution >= 4 is 5.91 Å². The van der Waals surface area contributed by atoms with Crippen molar-refractivity contribution in [3.05, 3.63) is 0 Å². The monoisotopic (exact) mass is 199 g/mol. The van der Waals surface area contributed by atoms with Crippen LogP contribution in [-0.2, 0) is 4.79 Å². The Morgan fingerprint density at radius 1 is 1.50 bits per heavy atom. The smallest absolute Gasteiger partial charge is 0.237 e. The molecule has 0 aromatic carbocycles. The van der Waals surface area contributed by atoms with E-state index in [-0.39, 0.29) is 24.0 Å². The van der Waals surface area contributed by atoms with Gasteiger partial charge >= 0.3 is 0 Å². The van der Waals surface area contributed by atoms with Gasteiger partial charge in [0.05, 0.1) is 6.04 Å². The highest BCUT2D eigenvalue weighted by molar-refractivity contribution is 5.81. The summed E-state index contributed by atoms with van der Waals surface area (Å²) in [6.07, 6.45) is 0.999. The van der Waals surface area contributed by atoms with Crippen molar-refractivity contribution in [1.29, 1.82) is 0 Å². The lowest BCUT2D eigenvalue weighted by Gasteiger charge is -2.24. The van der Waals surface area contributed by atoms with Crippen LogP contribution in [0.2, 0.25) is 0 Å². The Morgan fingerprint density at radius 3 is 2.57 bits per heavy atom. The van der Waals surface area contributed by atoms with E-state index in [2.05, 4.69) is 10.2 Å². The second-order valence-electron chi connectivity index (χ2n) is 4.38. The second-order valence-corrected chi connectivity index (χ2v) is 4.38. The van der Waals surface area contributed by atoms with E-state index < -0.39 is 0 Å². The van der Waals surface area contributed by atoms with Crippen molar-refractivity contribution in [1.82, 2.24) is 10.2 Å². The van der Waals surface area contributed by atoms with Crippen molar-refractivity contribution in [2.45, 2.75) is 45.3 Å². The maximum absolute atomic E-state index is 11.7. The normalized spacial score (nSPS) is 25.4. The number of nitrogens with one attached hydrogen (secondary N) is 1. The molecule has 14 heavy (non-hydrogen) atoms. The molecular formula is C10H21N3O. The first-order chi connectivity index (χ1) is 6.50. The van der Waals surface area contributed by atoms with Crippen molar-refractivity contribution in [2.75, 3.05) is 13.1 Å². The second kappa shape index (κ2) is 4.75. The highest BCUT2D eigenvalue weighted by Gasteiger charge is 2.27. The molecule has 0 radical (unpaired) electrons. The molecule has 4 heteroatoms. The van der Waals surface area contributed by atoms with Gasteiger partial charge in [0.1, 0.15) is 0 Å². The Balaban J connectivity index is 2.40. The molecule has 1 unspecified atom stereocenters. The van der Waals surface area contributed by atoms with Crippen molar-refractivity contribution in [3.63, 3.8) is 0 Å². The summed E-state index contributed by atoms with van der Waals surface area (Å²) in [5.41, 5.74) is 5.79. The molecule has 0 aliphatic carbocycles. The van der Waals surface area contributed by atoms with Crippen LogP contribution >= 0.6 is 0 Å². The molecule has 0 saturated carbocycles. The molecule has 4 nitrogen and oxygen atoms in total. The third kappa shape index (κ3) is 2.96. The zero-order valence-corrected chi connectivity index (χ0v) is 9.29. The van der Waals surface area contributed by atoms with E-state index in [1.54, 1.807) is 0 Å². The van der Waals surface area contributed by atoms with Gasteiger partial charge in [-0.2, -0.15) is 0 Å². The summed E-state index contributed by atoms with van der Waals surface area (Å²) >= 11 is 0. The fourth-order valence-electron chi connectivity index (χ4n) is 1.74. The zero-order valence-electron chi connectivity index (χ0n) is 9.29. The molecule has 1 aliphatic rings. The van der Waals surface area contributed by atoms with Gasteiger partial charge in [-0.1, -0.05) is 0 Å². The molecule has 1 heterocycles. The van der Waals surface area contributed by atoms with Gasteiger partial charge in [0.15, 0.2) is 0 Å². The van der Waals surface area contributed by atoms with Crippen LogP contribution in [0.4, 0.5) is 0 Å². The fourth-order valence-corrected chi connectivity index (χ4v) is 1.74. The van der Waals surface area contributed by atoms with E-state index in [4.69, 9.17) is 5.73 Å². The number of nitrogens with two attached hydrogens (primary N) is 1. The molecule has 0 bridgehead atoms. The quantitative estimate of drug-likeness (QED) is 0.669. The average Bonchev–Trinajstić information content (AvgIpc) is 2.49. The van der Waals surface area contributed by atoms with E-state index >= 15 is 0 Å². The number of hydrogen-bond donors (Lipinski definition) is 2. The Kier molecular flexibility index (Phi) is 3.89. The van der Waals surface area contributed by atoms with Gasteiger partial charge < -0.3 is 11.1 Å². The van der Waals surface area contributed by atoms with Gasteiger partial charge in [-0.25, -0.2) is 0 Å². The van der Waals surface area contributed by atoms with Gasteiger partial charge in [0, 0.05) is 25.2 Å². The molecule has 1 aliphatic heterocycles. The van der Waals surface area contributed by atoms with Crippen molar-refractivity contribution in [2.24, 2.45) is 5.73 Å². The molecule has 1 fully saturated rings. The molecule has 3 N–H and O–H groups in total. The minimum atomic E-state index is -0.0500. The van der Waals surface area contributed by atoms with Crippen LogP contribution in [0.5, 0.6) is 0 Å². The molecule has 0 aromatic heterocycles. The molecule has 82 valence electrons. The number of rotatable bonds is 3. The number of hydrogen-bond acceptors (Lipinski definition) is 3. The Labute approximate surface area is 85.8 Å². The number of nitrogens with zero attached hydrogens (tertiary/aromatic N) is 1. The lowest BCUT2D eigenvalue weighted by Crippen LogP contribution is -2.46. The highest BCUT2D eigenvalue weighted by atomic mass is 16.2. The van der Waals surface area contributed by atoms with Crippen molar-refractivity contribution in [3.8, 4) is 0 Å². The number of likely N-dealkylation sites (tertiary alicyclic amines) is 1. The summed E-state index contributed by atoms with van der Waals surface area (Å²) in [4.78, 5) is 13.8. The molecule has 0 aromatic rings. The van der Waals surface area contributed by atoms with Crippen LogP contribution in [0.15, 0.2) is 0 Å². The third-order valence-corrected chi connectivity index (χ3v) is 2.61. The minimum absolute atomic E-state index is 0.0500. The van der Waals surface area contributed by atoms with E-state index in [1.165, 1.54) is 0 Å². The maximum Gasteiger partial charge on any atom is 0.237 e. The minimum Gasteiger partial charge on any atom is -0.353 e. The predicted octanol–water partition coefficient (Wildman–Crippen LogP) is -0.0675.